The summed E-state index contributed by atoms with van der Waals surface area (Å²) >= 11 is 1.11. The monoisotopic (exact) mass is 453 g/mol. The second-order valence-electron chi connectivity index (χ2n) is 6.90. The van der Waals surface area contributed by atoms with Gasteiger partial charge in [-0.25, -0.2) is 19.9 Å². The SMILES string of the molecule is OCC(O)c1csc(Nc2ncc(C(F)(F)F)cc2OC2CCCc3cncnc32)n1. The molecule has 0 aromatic carbocycles. The van der Waals surface area contributed by atoms with Gasteiger partial charge in [-0.15, -0.1) is 11.3 Å². The second kappa shape index (κ2) is 8.73. The first kappa shape index (κ1) is 21.4. The number of hydrogen-bond acceptors (Lipinski definition) is 9. The van der Waals surface area contributed by atoms with E-state index in [4.69, 9.17) is 9.84 Å². The molecule has 0 saturated carbocycles. The summed E-state index contributed by atoms with van der Waals surface area (Å²) in [6, 6.07) is 0.891. The van der Waals surface area contributed by atoms with Gasteiger partial charge in [0.25, 0.3) is 0 Å². The van der Waals surface area contributed by atoms with Crippen molar-refractivity contribution in [3.8, 4) is 5.75 Å². The molecule has 31 heavy (non-hydrogen) atoms. The van der Waals surface area contributed by atoms with Crippen LogP contribution in [0, 0.1) is 0 Å². The van der Waals surface area contributed by atoms with Crippen molar-refractivity contribution in [2.24, 2.45) is 0 Å². The van der Waals surface area contributed by atoms with Crippen molar-refractivity contribution in [3.63, 3.8) is 0 Å². The number of nitrogens with one attached hydrogen (secondary N) is 1. The number of aliphatic hydroxyl groups is 2. The van der Waals surface area contributed by atoms with Crippen LogP contribution in [0.15, 0.2) is 30.2 Å². The normalized spacial score (nSPS) is 17.1. The van der Waals surface area contributed by atoms with Crippen molar-refractivity contribution >= 4 is 22.3 Å². The van der Waals surface area contributed by atoms with Gasteiger partial charge >= 0.3 is 6.18 Å². The lowest BCUT2D eigenvalue weighted by Gasteiger charge is -2.25. The maximum atomic E-state index is 13.3. The van der Waals surface area contributed by atoms with Gasteiger partial charge in [0, 0.05) is 17.8 Å². The number of thiazole rings is 1. The van der Waals surface area contributed by atoms with Crippen LogP contribution < -0.4 is 10.1 Å². The third kappa shape index (κ3) is 4.75. The standard InChI is InChI=1S/C19H18F3N5O3S/c20-19(21,22)11-4-15(30-14-3-1-2-10-5-23-9-25-16(10)14)17(24-6-11)27-18-26-12(8-31-18)13(29)7-28/h4-6,8-9,13-14,28-29H,1-3,7H2,(H,24,26,27). The van der Waals surface area contributed by atoms with Crippen molar-refractivity contribution < 1.29 is 28.1 Å². The summed E-state index contributed by atoms with van der Waals surface area (Å²) in [5.74, 6) is -0.0423. The summed E-state index contributed by atoms with van der Waals surface area (Å²) in [5, 5.41) is 23.4. The third-order valence-electron chi connectivity index (χ3n) is 4.75. The number of anilines is 2. The van der Waals surface area contributed by atoms with Crippen LogP contribution in [-0.4, -0.2) is 36.8 Å². The molecule has 3 heterocycles. The molecule has 3 N–H and O–H groups in total. The maximum absolute atomic E-state index is 13.3. The Balaban J connectivity index is 1.66. The number of aliphatic hydroxyl groups excluding tert-OH is 2. The molecule has 1 aliphatic carbocycles. The highest BCUT2D eigenvalue weighted by molar-refractivity contribution is 7.13. The first-order valence-electron chi connectivity index (χ1n) is 9.39. The van der Waals surface area contributed by atoms with Crippen LogP contribution >= 0.6 is 11.3 Å². The van der Waals surface area contributed by atoms with Crippen molar-refractivity contribution in [2.75, 3.05) is 11.9 Å². The molecule has 0 saturated heterocycles. The van der Waals surface area contributed by atoms with Gasteiger partial charge in [0.05, 0.1) is 23.6 Å². The predicted octanol–water partition coefficient (Wildman–Crippen LogP) is 3.57. The lowest BCUT2D eigenvalue weighted by Crippen LogP contribution is -2.18. The maximum Gasteiger partial charge on any atom is 0.418 e. The van der Waals surface area contributed by atoms with E-state index in [1.54, 1.807) is 6.20 Å². The Labute approximate surface area is 178 Å². The summed E-state index contributed by atoms with van der Waals surface area (Å²) in [6.07, 6.45) is -0.352. The van der Waals surface area contributed by atoms with E-state index >= 15 is 0 Å². The number of ether oxygens (including phenoxy) is 1. The lowest BCUT2D eigenvalue weighted by molar-refractivity contribution is -0.138. The van der Waals surface area contributed by atoms with Gasteiger partial charge in [-0.2, -0.15) is 13.2 Å². The fourth-order valence-corrected chi connectivity index (χ4v) is 3.96. The highest BCUT2D eigenvalue weighted by Crippen LogP contribution is 2.39. The minimum absolute atomic E-state index is 0.0496. The number of hydrogen-bond donors (Lipinski definition) is 3. The van der Waals surface area contributed by atoms with Gasteiger partial charge < -0.3 is 20.3 Å². The molecule has 8 nitrogen and oxygen atoms in total. The number of pyridine rings is 1. The number of alkyl halides is 3. The highest BCUT2D eigenvalue weighted by Gasteiger charge is 2.33. The molecule has 3 aromatic heterocycles. The van der Waals surface area contributed by atoms with Gasteiger partial charge in [0.2, 0.25) is 0 Å². The van der Waals surface area contributed by atoms with Crippen LogP contribution in [-0.2, 0) is 12.6 Å². The molecule has 2 atom stereocenters. The zero-order valence-electron chi connectivity index (χ0n) is 16.0. The Hall–Kier alpha value is -2.83. The summed E-state index contributed by atoms with van der Waals surface area (Å²) < 4.78 is 45.8. The van der Waals surface area contributed by atoms with Crippen LogP contribution in [0.2, 0.25) is 0 Å². The van der Waals surface area contributed by atoms with Crippen molar-refractivity contribution in [1.29, 1.82) is 0 Å². The summed E-state index contributed by atoms with van der Waals surface area (Å²) in [5.41, 5.74) is 0.840. The largest absolute Gasteiger partial charge is 0.480 e. The van der Waals surface area contributed by atoms with Crippen LogP contribution in [0.25, 0.3) is 0 Å². The fraction of sp³-hybridized carbons (Fsp3) is 0.368. The van der Waals surface area contributed by atoms with E-state index in [2.05, 4.69) is 25.3 Å². The number of fused-ring (bicyclic) bond motifs is 1. The fourth-order valence-electron chi connectivity index (χ4n) is 3.21. The number of aryl methyl sites for hydroxylation is 1. The van der Waals surface area contributed by atoms with E-state index in [0.29, 0.717) is 18.3 Å². The molecule has 164 valence electrons. The number of halogens is 3. The molecular formula is C19H18F3N5O3S. The third-order valence-corrected chi connectivity index (χ3v) is 5.53. The molecular weight excluding hydrogens is 435 g/mol. The Morgan fingerprint density at radius 3 is 2.90 bits per heavy atom. The van der Waals surface area contributed by atoms with E-state index in [9.17, 15) is 18.3 Å². The van der Waals surface area contributed by atoms with Crippen LogP contribution in [0.3, 0.4) is 0 Å². The molecule has 0 bridgehead atoms. The quantitative estimate of drug-likeness (QED) is 0.519. The molecule has 0 aliphatic heterocycles. The summed E-state index contributed by atoms with van der Waals surface area (Å²) in [7, 11) is 0. The summed E-state index contributed by atoms with van der Waals surface area (Å²) in [4.78, 5) is 16.3. The molecule has 1 aliphatic rings. The van der Waals surface area contributed by atoms with Crippen molar-refractivity contribution in [3.05, 3.63) is 52.7 Å². The van der Waals surface area contributed by atoms with Crippen molar-refractivity contribution in [1.82, 2.24) is 19.9 Å². The average Bonchev–Trinajstić information content (AvgIpc) is 3.22. The Morgan fingerprint density at radius 2 is 2.13 bits per heavy atom. The first-order valence-corrected chi connectivity index (χ1v) is 10.3. The molecule has 0 radical (unpaired) electrons. The lowest BCUT2D eigenvalue weighted by atomic mass is 9.95. The molecule has 2 unspecified atom stereocenters. The van der Waals surface area contributed by atoms with E-state index < -0.39 is 30.6 Å². The van der Waals surface area contributed by atoms with E-state index in [1.807, 2.05) is 0 Å². The molecule has 0 fully saturated rings. The molecule has 4 rings (SSSR count). The number of nitrogens with zero attached hydrogens (tertiary/aromatic N) is 4. The number of aromatic nitrogens is 4. The minimum Gasteiger partial charge on any atom is -0.480 e. The Bertz CT molecular complexity index is 1060. The van der Waals surface area contributed by atoms with Crippen molar-refractivity contribution in [2.45, 2.75) is 37.6 Å². The van der Waals surface area contributed by atoms with E-state index in [-0.39, 0.29) is 22.4 Å². The molecule has 0 amide bonds. The van der Waals surface area contributed by atoms with Gasteiger partial charge in [0.15, 0.2) is 16.7 Å². The van der Waals surface area contributed by atoms with Gasteiger partial charge in [-0.3, -0.25) is 0 Å². The van der Waals surface area contributed by atoms with Crippen LogP contribution in [0.1, 0.15) is 47.6 Å². The zero-order valence-corrected chi connectivity index (χ0v) is 16.8. The van der Waals surface area contributed by atoms with E-state index in [1.165, 1.54) is 11.7 Å². The van der Waals surface area contributed by atoms with E-state index in [0.717, 1.165) is 35.8 Å². The predicted molar refractivity (Wildman–Crippen MR) is 105 cm³/mol. The van der Waals surface area contributed by atoms with Gasteiger partial charge in [0.1, 0.15) is 18.5 Å². The summed E-state index contributed by atoms with van der Waals surface area (Å²) in [6.45, 7) is -0.501. The first-order chi connectivity index (χ1) is 14.8. The number of rotatable bonds is 6. The Morgan fingerprint density at radius 1 is 1.29 bits per heavy atom. The average molecular weight is 453 g/mol. The highest BCUT2D eigenvalue weighted by atomic mass is 32.1. The molecule has 12 heteroatoms. The van der Waals surface area contributed by atoms with Crippen LogP contribution in [0.5, 0.6) is 5.75 Å². The second-order valence-corrected chi connectivity index (χ2v) is 7.76. The molecule has 3 aromatic rings. The zero-order chi connectivity index (χ0) is 22.0. The topological polar surface area (TPSA) is 113 Å². The van der Waals surface area contributed by atoms with Crippen LogP contribution in [0.4, 0.5) is 24.1 Å². The molecule has 0 spiro atoms. The van der Waals surface area contributed by atoms with Gasteiger partial charge in [-0.1, -0.05) is 0 Å². The minimum atomic E-state index is -4.59. The smallest absolute Gasteiger partial charge is 0.418 e. The van der Waals surface area contributed by atoms with Gasteiger partial charge in [-0.05, 0) is 30.9 Å². The Kier molecular flexibility index (Phi) is 6.03.